The molecule has 5 nitrogen and oxygen atoms in total. The zero-order chi connectivity index (χ0) is 19.5. The smallest absolute Gasteiger partial charge is 0.407 e. The largest absolute Gasteiger partial charge is 0.598 e. The highest BCUT2D eigenvalue weighted by Gasteiger charge is 2.40. The molecule has 1 aliphatic rings. The number of rotatable bonds is 7. The van der Waals surface area contributed by atoms with Crippen molar-refractivity contribution in [3.05, 3.63) is 12.7 Å². The first kappa shape index (κ1) is 22.3. The molecule has 0 bridgehead atoms. The van der Waals surface area contributed by atoms with Crippen LogP contribution in [0.4, 0.5) is 4.79 Å². The van der Waals surface area contributed by atoms with Gasteiger partial charge in [0, 0.05) is 17.4 Å². The molecule has 1 saturated carbocycles. The molecule has 0 spiro atoms. The predicted octanol–water partition coefficient (Wildman–Crippen LogP) is 4.07. The van der Waals surface area contributed by atoms with Gasteiger partial charge < -0.3 is 14.6 Å². The topological polar surface area (TPSA) is 73.4 Å². The van der Waals surface area contributed by atoms with Crippen LogP contribution in [0.5, 0.6) is 0 Å². The number of hydrogen-bond acceptors (Lipinski definition) is 4. The maximum absolute atomic E-state index is 12.5. The van der Waals surface area contributed by atoms with Crippen LogP contribution in [-0.4, -0.2) is 32.6 Å². The lowest BCUT2D eigenvalue weighted by atomic mass is 9.73. The molecule has 146 valence electrons. The molecule has 1 amide bonds. The summed E-state index contributed by atoms with van der Waals surface area (Å²) in [4.78, 5) is 11.8. The number of amides is 1. The summed E-state index contributed by atoms with van der Waals surface area (Å²) in [6.07, 6.45) is 5.05. The lowest BCUT2D eigenvalue weighted by molar-refractivity contribution is 0.0440. The zero-order valence-electron chi connectivity index (χ0n) is 16.9. The van der Waals surface area contributed by atoms with Gasteiger partial charge in [0.15, 0.2) is 0 Å². The molecule has 1 unspecified atom stereocenters. The Kier molecular flexibility index (Phi) is 7.42. The van der Waals surface area contributed by atoms with Gasteiger partial charge >= 0.3 is 6.09 Å². The average molecular weight is 373 g/mol. The third-order valence-corrected chi connectivity index (χ3v) is 5.98. The minimum absolute atomic E-state index is 0.168. The van der Waals surface area contributed by atoms with Crippen LogP contribution in [0.15, 0.2) is 12.7 Å². The van der Waals surface area contributed by atoms with Crippen LogP contribution < -0.4 is 10.0 Å². The maximum Gasteiger partial charge on any atom is 0.407 e. The summed E-state index contributed by atoms with van der Waals surface area (Å²) in [6, 6.07) is 0.168. The molecular formula is C19H36N2O3S. The van der Waals surface area contributed by atoms with Crippen molar-refractivity contribution in [3.8, 4) is 0 Å². The number of alkyl carbamates (subject to hydrolysis) is 1. The Morgan fingerprint density at radius 1 is 1.24 bits per heavy atom. The Labute approximate surface area is 156 Å². The van der Waals surface area contributed by atoms with Crippen molar-refractivity contribution in [1.82, 2.24) is 10.0 Å². The van der Waals surface area contributed by atoms with E-state index < -0.39 is 17.0 Å². The number of hydrogen-bond donors (Lipinski definition) is 2. The number of carbonyl (C=O) groups is 1. The molecule has 0 aromatic heterocycles. The van der Waals surface area contributed by atoms with E-state index >= 15 is 0 Å². The Hall–Kier alpha value is -0.720. The van der Waals surface area contributed by atoms with Crippen molar-refractivity contribution in [2.24, 2.45) is 5.92 Å². The first-order valence-corrected chi connectivity index (χ1v) is 10.2. The second-order valence-electron chi connectivity index (χ2n) is 9.42. The van der Waals surface area contributed by atoms with Crippen molar-refractivity contribution < 1.29 is 14.1 Å². The van der Waals surface area contributed by atoms with E-state index in [9.17, 15) is 9.35 Å². The van der Waals surface area contributed by atoms with Gasteiger partial charge in [-0.1, -0.05) is 6.08 Å². The molecule has 0 radical (unpaired) electrons. The van der Waals surface area contributed by atoms with Gasteiger partial charge in [0.2, 0.25) is 0 Å². The monoisotopic (exact) mass is 372 g/mol. The quantitative estimate of drug-likeness (QED) is 0.522. The Morgan fingerprint density at radius 2 is 1.80 bits per heavy atom. The molecule has 6 heteroatoms. The van der Waals surface area contributed by atoms with Gasteiger partial charge in [0.05, 0.1) is 5.54 Å². The van der Waals surface area contributed by atoms with Gasteiger partial charge in [0.1, 0.15) is 10.3 Å². The molecule has 0 aliphatic heterocycles. The lowest BCUT2D eigenvalue weighted by Crippen LogP contribution is -2.54. The Morgan fingerprint density at radius 3 is 2.24 bits per heavy atom. The van der Waals surface area contributed by atoms with E-state index in [4.69, 9.17) is 4.74 Å². The molecule has 0 aromatic rings. The van der Waals surface area contributed by atoms with E-state index in [0.29, 0.717) is 5.92 Å². The van der Waals surface area contributed by atoms with Crippen LogP contribution in [-0.2, 0) is 16.1 Å². The van der Waals surface area contributed by atoms with Crippen LogP contribution >= 0.6 is 0 Å². The molecule has 0 aromatic carbocycles. The maximum atomic E-state index is 12.5. The second kappa shape index (κ2) is 8.31. The minimum Gasteiger partial charge on any atom is -0.598 e. The number of nitrogens with one attached hydrogen (secondary N) is 2. The fourth-order valence-corrected chi connectivity index (χ4v) is 3.91. The highest BCUT2D eigenvalue weighted by molar-refractivity contribution is 7.90. The molecule has 0 saturated heterocycles. The summed E-state index contributed by atoms with van der Waals surface area (Å²) in [7, 11) is 0. The van der Waals surface area contributed by atoms with Crippen LogP contribution in [0.2, 0.25) is 0 Å². The van der Waals surface area contributed by atoms with Crippen LogP contribution in [0.25, 0.3) is 0 Å². The SMILES string of the molecule is C=CC[C@@](C)(CC1CC(NC(=O)OC(C)(C)C)C1)N[S+]([O-])C(C)(C)C. The lowest BCUT2D eigenvalue weighted by Gasteiger charge is -2.42. The Bertz CT molecular complexity index is 464. The highest BCUT2D eigenvalue weighted by Crippen LogP contribution is 2.36. The van der Waals surface area contributed by atoms with Gasteiger partial charge in [-0.2, -0.15) is 0 Å². The van der Waals surface area contributed by atoms with E-state index in [1.807, 2.05) is 47.6 Å². The summed E-state index contributed by atoms with van der Waals surface area (Å²) >= 11 is -1.12. The fraction of sp³-hybridized carbons (Fsp3) is 0.842. The van der Waals surface area contributed by atoms with E-state index in [2.05, 4.69) is 23.5 Å². The van der Waals surface area contributed by atoms with E-state index in [0.717, 1.165) is 25.7 Å². The average Bonchev–Trinajstić information content (AvgIpc) is 2.32. The van der Waals surface area contributed by atoms with E-state index in [1.165, 1.54) is 0 Å². The molecule has 0 heterocycles. The van der Waals surface area contributed by atoms with E-state index in [1.54, 1.807) is 0 Å². The van der Waals surface area contributed by atoms with Crippen molar-refractivity contribution in [2.75, 3.05) is 0 Å². The molecule has 1 fully saturated rings. The van der Waals surface area contributed by atoms with Gasteiger partial charge in [-0.05, 0) is 80.1 Å². The van der Waals surface area contributed by atoms with Crippen LogP contribution in [0, 0.1) is 5.92 Å². The van der Waals surface area contributed by atoms with Crippen molar-refractivity contribution >= 4 is 17.5 Å². The molecule has 1 aliphatic carbocycles. The first-order chi connectivity index (χ1) is 11.2. The van der Waals surface area contributed by atoms with Crippen molar-refractivity contribution in [2.45, 2.75) is 96.1 Å². The summed E-state index contributed by atoms with van der Waals surface area (Å²) in [5.74, 6) is 0.495. The minimum atomic E-state index is -1.12. The van der Waals surface area contributed by atoms with Gasteiger partial charge in [0.25, 0.3) is 0 Å². The molecule has 25 heavy (non-hydrogen) atoms. The summed E-state index contributed by atoms with van der Waals surface area (Å²) in [5.41, 5.74) is -0.724. The van der Waals surface area contributed by atoms with Crippen molar-refractivity contribution in [3.63, 3.8) is 0 Å². The third kappa shape index (κ3) is 8.01. The van der Waals surface area contributed by atoms with Gasteiger partial charge in [-0.15, -0.1) is 11.3 Å². The van der Waals surface area contributed by atoms with Crippen LogP contribution in [0.3, 0.4) is 0 Å². The summed E-state index contributed by atoms with van der Waals surface area (Å²) in [5, 5.41) is 2.92. The van der Waals surface area contributed by atoms with Gasteiger partial charge in [-0.25, -0.2) is 4.79 Å². The normalized spacial score (nSPS) is 24.6. The highest BCUT2D eigenvalue weighted by atomic mass is 32.2. The molecule has 1 rings (SSSR count). The third-order valence-electron chi connectivity index (χ3n) is 4.19. The molecular weight excluding hydrogens is 336 g/mol. The van der Waals surface area contributed by atoms with Gasteiger partial charge in [-0.3, -0.25) is 0 Å². The predicted molar refractivity (Wildman–Crippen MR) is 105 cm³/mol. The summed E-state index contributed by atoms with van der Waals surface area (Å²) in [6.45, 7) is 17.4. The van der Waals surface area contributed by atoms with E-state index in [-0.39, 0.29) is 22.4 Å². The van der Waals surface area contributed by atoms with Crippen LogP contribution in [0.1, 0.15) is 74.1 Å². The molecule has 2 atom stereocenters. The fourth-order valence-electron chi connectivity index (χ4n) is 2.99. The Balaban J connectivity index is 2.49. The zero-order valence-corrected chi connectivity index (χ0v) is 17.7. The standard InChI is InChI=1S/C19H36N2O3S/c1-9-10-19(8,21-25(23)18(5,6)7)13-14-11-15(12-14)20-16(22)24-17(2,3)4/h9,14-15,21H,1,10-13H2,2-8H3,(H,20,22)/t14?,15?,19-,25?/m0/s1. The molecule has 2 N–H and O–H groups in total. The van der Waals surface area contributed by atoms with Crippen molar-refractivity contribution in [1.29, 1.82) is 0 Å². The second-order valence-corrected chi connectivity index (χ2v) is 11.4. The first-order valence-electron chi connectivity index (χ1n) is 9.04. The number of ether oxygens (including phenoxy) is 1. The summed E-state index contributed by atoms with van der Waals surface area (Å²) < 4.78 is 20.8. The number of carbonyl (C=O) groups excluding carboxylic acids is 1.